The summed E-state index contributed by atoms with van der Waals surface area (Å²) in [5.41, 5.74) is -0.00704. The molecule has 1 heterocycles. The van der Waals surface area contributed by atoms with Crippen LogP contribution in [0.4, 0.5) is 24.7 Å². The molecule has 7 heteroatoms. The molecule has 0 aliphatic carbocycles. The molecule has 1 N–H and O–H groups in total. The van der Waals surface area contributed by atoms with E-state index >= 15 is 0 Å². The van der Waals surface area contributed by atoms with Gasteiger partial charge in [0.05, 0.1) is 6.54 Å². The summed E-state index contributed by atoms with van der Waals surface area (Å²) >= 11 is 0. The Hall–Kier alpha value is -2.57. The van der Waals surface area contributed by atoms with Gasteiger partial charge in [0, 0.05) is 25.0 Å². The number of likely N-dealkylation sites (N-methyl/N-ethyl adjacent to an activating group) is 1. The second-order valence-corrected chi connectivity index (χ2v) is 4.37. The van der Waals surface area contributed by atoms with Crippen LogP contribution in [0.25, 0.3) is 0 Å². The van der Waals surface area contributed by atoms with Gasteiger partial charge in [-0.1, -0.05) is 0 Å². The van der Waals surface area contributed by atoms with Gasteiger partial charge in [-0.25, -0.2) is 18.2 Å². The summed E-state index contributed by atoms with van der Waals surface area (Å²) in [5.74, 6) is -2.70. The highest BCUT2D eigenvalue weighted by Crippen LogP contribution is 2.15. The first-order valence-corrected chi connectivity index (χ1v) is 6.03. The summed E-state index contributed by atoms with van der Waals surface area (Å²) < 4.78 is 39.5. The van der Waals surface area contributed by atoms with E-state index in [2.05, 4.69) is 10.3 Å². The molecule has 0 unspecified atom stereocenters. The highest BCUT2D eigenvalue weighted by atomic mass is 19.1. The van der Waals surface area contributed by atoms with Gasteiger partial charge in [-0.05, 0) is 24.3 Å². The maximum atomic E-state index is 13.5. The SMILES string of the molecule is CN(CC(=O)Nc1cc(F)cc(F)c1)c1ncccc1F. The first kappa shape index (κ1) is 14.8. The minimum atomic E-state index is -0.797. The second kappa shape index (κ2) is 6.25. The van der Waals surface area contributed by atoms with E-state index < -0.39 is 23.4 Å². The molecule has 1 amide bonds. The Morgan fingerprint density at radius 1 is 1.24 bits per heavy atom. The van der Waals surface area contributed by atoms with Gasteiger partial charge >= 0.3 is 0 Å². The number of amides is 1. The summed E-state index contributed by atoms with van der Waals surface area (Å²) in [6.45, 7) is -0.216. The molecule has 4 nitrogen and oxygen atoms in total. The number of nitrogens with one attached hydrogen (secondary N) is 1. The number of carbonyl (C=O) groups excluding carboxylic acids is 1. The fourth-order valence-corrected chi connectivity index (χ4v) is 1.78. The van der Waals surface area contributed by atoms with Crippen molar-refractivity contribution in [1.82, 2.24) is 4.98 Å². The average Bonchev–Trinajstić information content (AvgIpc) is 2.37. The second-order valence-electron chi connectivity index (χ2n) is 4.37. The molecule has 0 saturated carbocycles. The van der Waals surface area contributed by atoms with E-state index in [9.17, 15) is 18.0 Å². The Labute approximate surface area is 119 Å². The van der Waals surface area contributed by atoms with Crippen molar-refractivity contribution in [3.8, 4) is 0 Å². The summed E-state index contributed by atoms with van der Waals surface area (Å²) in [6, 6.07) is 5.33. The Kier molecular flexibility index (Phi) is 4.42. The molecule has 1 aromatic carbocycles. The fourth-order valence-electron chi connectivity index (χ4n) is 1.78. The molecule has 0 aliphatic heterocycles. The third-order valence-electron chi connectivity index (χ3n) is 2.63. The summed E-state index contributed by atoms with van der Waals surface area (Å²) in [4.78, 5) is 16.9. The zero-order chi connectivity index (χ0) is 15.4. The smallest absolute Gasteiger partial charge is 0.243 e. The van der Waals surface area contributed by atoms with E-state index in [1.54, 1.807) is 0 Å². The van der Waals surface area contributed by atoms with E-state index in [-0.39, 0.29) is 18.1 Å². The van der Waals surface area contributed by atoms with Crippen LogP contribution >= 0.6 is 0 Å². The molecule has 21 heavy (non-hydrogen) atoms. The highest BCUT2D eigenvalue weighted by molar-refractivity contribution is 5.93. The number of hydrogen-bond donors (Lipinski definition) is 1. The minimum absolute atomic E-state index is 0.00704. The molecule has 1 aromatic heterocycles. The van der Waals surface area contributed by atoms with E-state index in [1.807, 2.05) is 0 Å². The first-order chi connectivity index (χ1) is 9.95. The molecule has 0 bridgehead atoms. The first-order valence-electron chi connectivity index (χ1n) is 6.03. The van der Waals surface area contributed by atoms with Crippen molar-refractivity contribution in [3.05, 3.63) is 54.0 Å². The third-order valence-corrected chi connectivity index (χ3v) is 2.63. The van der Waals surface area contributed by atoms with Gasteiger partial charge in [-0.3, -0.25) is 4.79 Å². The quantitative estimate of drug-likeness (QED) is 0.943. The lowest BCUT2D eigenvalue weighted by molar-refractivity contribution is -0.114. The number of halogens is 3. The van der Waals surface area contributed by atoms with E-state index in [0.717, 1.165) is 12.1 Å². The van der Waals surface area contributed by atoms with Crippen molar-refractivity contribution in [2.45, 2.75) is 0 Å². The molecule has 0 atom stereocenters. The Bertz CT molecular complexity index is 643. The molecular formula is C14H12F3N3O. The monoisotopic (exact) mass is 295 g/mol. The summed E-state index contributed by atoms with van der Waals surface area (Å²) in [7, 11) is 1.48. The lowest BCUT2D eigenvalue weighted by Gasteiger charge is -2.18. The summed E-state index contributed by atoms with van der Waals surface area (Å²) in [6.07, 6.45) is 1.40. The maximum absolute atomic E-state index is 13.5. The predicted octanol–water partition coefficient (Wildman–Crippen LogP) is 2.57. The van der Waals surface area contributed by atoms with Gasteiger partial charge in [0.1, 0.15) is 11.6 Å². The zero-order valence-electron chi connectivity index (χ0n) is 11.1. The van der Waals surface area contributed by atoms with Crippen LogP contribution < -0.4 is 10.2 Å². The Balaban J connectivity index is 2.03. The van der Waals surface area contributed by atoms with Gasteiger partial charge < -0.3 is 10.2 Å². The van der Waals surface area contributed by atoms with Gasteiger partial charge in [-0.2, -0.15) is 0 Å². The van der Waals surface area contributed by atoms with Crippen LogP contribution in [0.2, 0.25) is 0 Å². The van der Waals surface area contributed by atoms with E-state index in [1.165, 1.54) is 30.3 Å². The number of nitrogens with zero attached hydrogens (tertiary/aromatic N) is 2. The minimum Gasteiger partial charge on any atom is -0.348 e. The van der Waals surface area contributed by atoms with Crippen LogP contribution in [0.5, 0.6) is 0 Å². The van der Waals surface area contributed by atoms with Crippen molar-refractivity contribution in [2.24, 2.45) is 0 Å². The van der Waals surface area contributed by atoms with Gasteiger partial charge in [0.15, 0.2) is 11.6 Å². The predicted molar refractivity (Wildman–Crippen MR) is 72.5 cm³/mol. The van der Waals surface area contributed by atoms with Crippen LogP contribution in [-0.2, 0) is 4.79 Å². The number of hydrogen-bond acceptors (Lipinski definition) is 3. The van der Waals surface area contributed by atoms with Crippen molar-refractivity contribution >= 4 is 17.4 Å². The number of benzene rings is 1. The standard InChI is InChI=1S/C14H12F3N3O/c1-20(14-12(17)3-2-4-18-14)8-13(21)19-11-6-9(15)5-10(16)7-11/h2-7H,8H2,1H3,(H,19,21). The van der Waals surface area contributed by atoms with Crippen molar-refractivity contribution in [3.63, 3.8) is 0 Å². The molecule has 0 radical (unpaired) electrons. The number of pyridine rings is 1. The normalized spacial score (nSPS) is 10.3. The van der Waals surface area contributed by atoms with Crippen LogP contribution in [0.1, 0.15) is 0 Å². The fraction of sp³-hybridized carbons (Fsp3) is 0.143. The number of anilines is 2. The molecule has 2 aromatic rings. The summed E-state index contributed by atoms with van der Waals surface area (Å²) in [5, 5.41) is 2.33. The Morgan fingerprint density at radius 2 is 1.90 bits per heavy atom. The van der Waals surface area contributed by atoms with Crippen LogP contribution in [-0.4, -0.2) is 24.5 Å². The van der Waals surface area contributed by atoms with Crippen LogP contribution in [0.3, 0.4) is 0 Å². The number of carbonyl (C=O) groups is 1. The largest absolute Gasteiger partial charge is 0.348 e. The molecule has 0 saturated heterocycles. The lowest BCUT2D eigenvalue weighted by Crippen LogP contribution is -2.31. The van der Waals surface area contributed by atoms with Gasteiger partial charge in [-0.15, -0.1) is 0 Å². The average molecular weight is 295 g/mol. The number of aromatic nitrogens is 1. The maximum Gasteiger partial charge on any atom is 0.243 e. The molecule has 0 spiro atoms. The van der Waals surface area contributed by atoms with Crippen LogP contribution in [0.15, 0.2) is 36.5 Å². The molecule has 110 valence electrons. The molecular weight excluding hydrogens is 283 g/mol. The molecule has 2 rings (SSSR count). The van der Waals surface area contributed by atoms with E-state index in [0.29, 0.717) is 6.07 Å². The van der Waals surface area contributed by atoms with Gasteiger partial charge in [0.2, 0.25) is 5.91 Å². The topological polar surface area (TPSA) is 45.2 Å². The van der Waals surface area contributed by atoms with Crippen molar-refractivity contribution in [1.29, 1.82) is 0 Å². The third kappa shape index (κ3) is 3.95. The lowest BCUT2D eigenvalue weighted by atomic mass is 10.3. The highest BCUT2D eigenvalue weighted by Gasteiger charge is 2.13. The zero-order valence-corrected chi connectivity index (χ0v) is 11.1. The Morgan fingerprint density at radius 3 is 2.52 bits per heavy atom. The van der Waals surface area contributed by atoms with Crippen LogP contribution in [0, 0.1) is 17.5 Å². The number of rotatable bonds is 4. The van der Waals surface area contributed by atoms with E-state index in [4.69, 9.17) is 0 Å². The van der Waals surface area contributed by atoms with Gasteiger partial charge in [0.25, 0.3) is 0 Å². The molecule has 0 fully saturated rings. The molecule has 0 aliphatic rings. The van der Waals surface area contributed by atoms with Crippen molar-refractivity contribution in [2.75, 3.05) is 23.8 Å². The van der Waals surface area contributed by atoms with Crippen molar-refractivity contribution < 1.29 is 18.0 Å².